The normalized spacial score (nSPS) is 10.7. The lowest BCUT2D eigenvalue weighted by atomic mass is 10.2. The molecule has 0 heterocycles. The first kappa shape index (κ1) is 18.9. The van der Waals surface area contributed by atoms with Crippen molar-refractivity contribution < 1.29 is 0 Å². The van der Waals surface area contributed by atoms with Gasteiger partial charge in [-0.15, -0.1) is 0 Å². The molecular weight excluding hydrogens is 328 g/mol. The Balaban J connectivity index is 1.86. The van der Waals surface area contributed by atoms with E-state index in [1.165, 1.54) is 11.3 Å². The smallest absolute Gasteiger partial charge is 0.191 e. The molecule has 2 rings (SSSR count). The molecule has 0 amide bonds. The van der Waals surface area contributed by atoms with Crippen LogP contribution in [0.5, 0.6) is 0 Å². The highest BCUT2D eigenvalue weighted by Gasteiger charge is 2.02. The maximum absolute atomic E-state index is 5.24. The second-order valence-electron chi connectivity index (χ2n) is 5.86. The minimum atomic E-state index is 0.469. The van der Waals surface area contributed by atoms with Crippen molar-refractivity contribution in [2.24, 2.45) is 5.10 Å². The first-order valence-corrected chi connectivity index (χ1v) is 9.05. The number of rotatable bonds is 7. The minimum Gasteiger partial charge on any atom is -0.372 e. The number of benzene rings is 2. The topological polar surface area (TPSA) is 39.7 Å². The number of nitrogens with one attached hydrogen (secondary N) is 2. The van der Waals surface area contributed by atoms with Crippen LogP contribution in [0.25, 0.3) is 0 Å². The van der Waals surface area contributed by atoms with Gasteiger partial charge in [-0.05, 0) is 62.3 Å². The fourth-order valence-electron chi connectivity index (χ4n) is 2.47. The van der Waals surface area contributed by atoms with E-state index < -0.39 is 0 Å². The highest BCUT2D eigenvalue weighted by atomic mass is 32.1. The molecule has 2 aromatic carbocycles. The van der Waals surface area contributed by atoms with Gasteiger partial charge >= 0.3 is 0 Å². The van der Waals surface area contributed by atoms with Gasteiger partial charge < -0.3 is 10.2 Å². The Morgan fingerprint density at radius 2 is 1.76 bits per heavy atom. The molecule has 0 spiro atoms. The third-order valence-corrected chi connectivity index (χ3v) is 4.02. The van der Waals surface area contributed by atoms with Gasteiger partial charge in [0.2, 0.25) is 0 Å². The van der Waals surface area contributed by atoms with E-state index >= 15 is 0 Å². The Labute approximate surface area is 155 Å². The highest BCUT2D eigenvalue weighted by Crippen LogP contribution is 2.14. The zero-order valence-electron chi connectivity index (χ0n) is 15.1. The van der Waals surface area contributed by atoms with Crippen LogP contribution in [0.15, 0.2) is 53.6 Å². The largest absolute Gasteiger partial charge is 0.372 e. The summed E-state index contributed by atoms with van der Waals surface area (Å²) < 4.78 is 0. The van der Waals surface area contributed by atoms with Crippen LogP contribution >= 0.6 is 12.2 Å². The summed E-state index contributed by atoms with van der Waals surface area (Å²) in [5.41, 5.74) is 7.27. The summed E-state index contributed by atoms with van der Waals surface area (Å²) in [5, 5.41) is 7.76. The van der Waals surface area contributed by atoms with Crippen molar-refractivity contribution in [3.05, 3.63) is 59.7 Å². The molecule has 0 radical (unpaired) electrons. The van der Waals surface area contributed by atoms with Gasteiger partial charge in [0.15, 0.2) is 5.11 Å². The summed E-state index contributed by atoms with van der Waals surface area (Å²) in [5.74, 6) is 0. The third-order valence-electron chi connectivity index (χ3n) is 3.82. The second kappa shape index (κ2) is 9.79. The van der Waals surface area contributed by atoms with Gasteiger partial charge in [0, 0.05) is 24.5 Å². The molecule has 0 aliphatic carbocycles. The summed E-state index contributed by atoms with van der Waals surface area (Å²) >= 11 is 5.24. The quantitative estimate of drug-likeness (QED) is 0.435. The number of hydrogen-bond donors (Lipinski definition) is 2. The van der Waals surface area contributed by atoms with Crippen molar-refractivity contribution in [2.45, 2.75) is 27.2 Å². The lowest BCUT2D eigenvalue weighted by Gasteiger charge is -2.22. The fourth-order valence-corrected chi connectivity index (χ4v) is 2.64. The van der Waals surface area contributed by atoms with Crippen molar-refractivity contribution >= 4 is 34.9 Å². The Morgan fingerprint density at radius 1 is 1.08 bits per heavy atom. The Morgan fingerprint density at radius 3 is 2.36 bits per heavy atom. The summed E-state index contributed by atoms with van der Waals surface area (Å²) in [7, 11) is 0. The van der Waals surface area contributed by atoms with E-state index in [1.807, 2.05) is 24.3 Å². The van der Waals surface area contributed by atoms with E-state index in [0.29, 0.717) is 5.11 Å². The average Bonchev–Trinajstić information content (AvgIpc) is 2.62. The molecule has 0 aliphatic heterocycles. The van der Waals surface area contributed by atoms with Crippen LogP contribution in [0.3, 0.4) is 0 Å². The van der Waals surface area contributed by atoms with Crippen LogP contribution in [-0.4, -0.2) is 24.4 Å². The van der Waals surface area contributed by atoms with Crippen LogP contribution in [-0.2, 0) is 0 Å². The first-order chi connectivity index (χ1) is 12.1. The first-order valence-electron chi connectivity index (χ1n) is 8.64. The Kier molecular flexibility index (Phi) is 7.41. The van der Waals surface area contributed by atoms with Gasteiger partial charge in [0.05, 0.1) is 6.21 Å². The van der Waals surface area contributed by atoms with Gasteiger partial charge in [-0.3, -0.25) is 5.43 Å². The number of hydrogen-bond acceptors (Lipinski definition) is 3. The monoisotopic (exact) mass is 354 g/mol. The van der Waals surface area contributed by atoms with Crippen molar-refractivity contribution in [1.82, 2.24) is 5.43 Å². The zero-order chi connectivity index (χ0) is 18.1. The number of aryl methyl sites for hydroxylation is 1. The number of nitrogens with zero attached hydrogens (tertiary/aromatic N) is 2. The molecule has 0 saturated heterocycles. The van der Waals surface area contributed by atoms with Crippen LogP contribution < -0.4 is 15.6 Å². The molecule has 2 aromatic rings. The second-order valence-corrected chi connectivity index (χ2v) is 6.27. The van der Waals surface area contributed by atoms with E-state index in [2.05, 4.69) is 65.8 Å². The van der Waals surface area contributed by atoms with E-state index in [1.54, 1.807) is 6.21 Å². The van der Waals surface area contributed by atoms with E-state index in [4.69, 9.17) is 12.2 Å². The van der Waals surface area contributed by atoms with E-state index in [9.17, 15) is 0 Å². The predicted octanol–water partition coefficient (Wildman–Crippen LogP) is 4.55. The average molecular weight is 355 g/mol. The van der Waals surface area contributed by atoms with Crippen molar-refractivity contribution in [2.75, 3.05) is 23.3 Å². The SMILES string of the molecule is CCCN(CC)c1ccc(/C=N/NC(=S)Nc2ccc(C)cc2)cc1. The molecule has 0 bridgehead atoms. The molecule has 5 heteroatoms. The molecule has 0 aromatic heterocycles. The number of thiocarbonyl (C=S) groups is 1. The molecule has 0 fully saturated rings. The van der Waals surface area contributed by atoms with Crippen LogP contribution in [0, 0.1) is 6.92 Å². The summed E-state index contributed by atoms with van der Waals surface area (Å²) in [4.78, 5) is 2.36. The molecule has 2 N–H and O–H groups in total. The highest BCUT2D eigenvalue weighted by molar-refractivity contribution is 7.80. The molecule has 25 heavy (non-hydrogen) atoms. The van der Waals surface area contributed by atoms with Gasteiger partial charge in [0.25, 0.3) is 0 Å². The van der Waals surface area contributed by atoms with Crippen LogP contribution in [0.4, 0.5) is 11.4 Å². The van der Waals surface area contributed by atoms with Crippen molar-refractivity contribution in [3.8, 4) is 0 Å². The van der Waals surface area contributed by atoms with Gasteiger partial charge in [0.1, 0.15) is 0 Å². The molecular formula is C20H26N4S. The van der Waals surface area contributed by atoms with Crippen molar-refractivity contribution in [1.29, 1.82) is 0 Å². The minimum absolute atomic E-state index is 0.469. The number of hydrazone groups is 1. The summed E-state index contributed by atoms with van der Waals surface area (Å²) in [6.07, 6.45) is 2.91. The standard InChI is InChI=1S/C20H26N4S/c1-4-14-24(5-2)19-12-8-17(9-13-19)15-21-23-20(25)22-18-10-6-16(3)7-11-18/h6-13,15H,4-5,14H2,1-3H3,(H2,22,23,25)/b21-15+. The van der Waals surface area contributed by atoms with E-state index in [0.717, 1.165) is 30.8 Å². The van der Waals surface area contributed by atoms with Crippen molar-refractivity contribution in [3.63, 3.8) is 0 Å². The van der Waals surface area contributed by atoms with Crippen LogP contribution in [0.1, 0.15) is 31.4 Å². The predicted molar refractivity (Wildman–Crippen MR) is 113 cm³/mol. The summed E-state index contributed by atoms with van der Waals surface area (Å²) in [6, 6.07) is 16.4. The molecule has 132 valence electrons. The molecule has 4 nitrogen and oxygen atoms in total. The Hall–Kier alpha value is -2.40. The molecule has 0 atom stereocenters. The molecule has 0 aliphatic rings. The zero-order valence-corrected chi connectivity index (χ0v) is 15.9. The van der Waals surface area contributed by atoms with E-state index in [-0.39, 0.29) is 0 Å². The van der Waals surface area contributed by atoms with Gasteiger partial charge in [-0.2, -0.15) is 5.10 Å². The van der Waals surface area contributed by atoms with Gasteiger partial charge in [-0.1, -0.05) is 36.8 Å². The lowest BCUT2D eigenvalue weighted by Crippen LogP contribution is -2.24. The maximum Gasteiger partial charge on any atom is 0.191 e. The third kappa shape index (κ3) is 6.19. The summed E-state index contributed by atoms with van der Waals surface area (Å²) in [6.45, 7) is 8.52. The fraction of sp³-hybridized carbons (Fsp3) is 0.300. The molecule has 0 saturated carbocycles. The maximum atomic E-state index is 5.24. The van der Waals surface area contributed by atoms with Gasteiger partial charge in [-0.25, -0.2) is 0 Å². The lowest BCUT2D eigenvalue weighted by molar-refractivity contribution is 0.792. The van der Waals surface area contributed by atoms with Crippen LogP contribution in [0.2, 0.25) is 0 Å². The number of anilines is 2. The Bertz CT molecular complexity index is 693. The molecule has 0 unspecified atom stereocenters.